The normalized spacial score (nSPS) is 10.7. The lowest BCUT2D eigenvalue weighted by atomic mass is 10.2. The summed E-state index contributed by atoms with van der Waals surface area (Å²) in [6, 6.07) is 4.60. The van der Waals surface area contributed by atoms with Gasteiger partial charge in [-0.25, -0.2) is 9.37 Å². The smallest absolute Gasteiger partial charge is 0.296 e. The van der Waals surface area contributed by atoms with Crippen molar-refractivity contribution in [2.24, 2.45) is 5.73 Å². The van der Waals surface area contributed by atoms with E-state index in [1.165, 1.54) is 12.1 Å². The molecule has 1 amide bonds. The molecule has 0 unspecified atom stereocenters. The van der Waals surface area contributed by atoms with Gasteiger partial charge in [-0.05, 0) is 40.2 Å². The molecule has 0 saturated heterocycles. The summed E-state index contributed by atoms with van der Waals surface area (Å²) in [4.78, 5) is 13.8. The topological polar surface area (TPSA) is 110 Å². The molecule has 1 aromatic carbocycles. The molecule has 0 radical (unpaired) electrons. The van der Waals surface area contributed by atoms with E-state index in [9.17, 15) is 17.6 Å². The maximum Gasteiger partial charge on any atom is 0.296 e. The SMILES string of the molecule is NC(=O)c1ccc(F)cc1Cl.O=S(=O)(O)c1cnc(Cl)c(Br)c1. The number of primary amides is 1. The summed E-state index contributed by atoms with van der Waals surface area (Å²) < 4.78 is 42.4. The van der Waals surface area contributed by atoms with Crippen LogP contribution in [0.5, 0.6) is 0 Å². The Morgan fingerprint density at radius 1 is 1.30 bits per heavy atom. The standard InChI is InChI=1S/C7H5ClFNO.C5H3BrClNO3S/c8-6-3-4(9)1-2-5(6)7(10)11;6-4-1-3(12(9,10)11)2-8-5(4)7/h1-3H,(H2,10,11);1-2H,(H,9,10,11). The number of halogens is 4. The Morgan fingerprint density at radius 2 is 1.91 bits per heavy atom. The molecule has 0 bridgehead atoms. The number of hydrogen-bond acceptors (Lipinski definition) is 4. The summed E-state index contributed by atoms with van der Waals surface area (Å²) in [6.45, 7) is 0. The molecule has 1 heterocycles. The second-order valence-corrected chi connectivity index (χ2v) is 6.95. The fourth-order valence-corrected chi connectivity index (χ4v) is 2.55. The Morgan fingerprint density at radius 3 is 2.35 bits per heavy atom. The number of nitrogens with zero attached hydrogens (tertiary/aromatic N) is 1. The zero-order valence-electron chi connectivity index (χ0n) is 11.0. The van der Waals surface area contributed by atoms with Crippen molar-refractivity contribution in [2.45, 2.75) is 4.90 Å². The largest absolute Gasteiger partial charge is 0.366 e. The predicted molar refractivity (Wildman–Crippen MR) is 86.7 cm³/mol. The number of aromatic nitrogens is 1. The fourth-order valence-electron chi connectivity index (χ4n) is 1.23. The van der Waals surface area contributed by atoms with Crippen LogP contribution in [0.1, 0.15) is 10.4 Å². The van der Waals surface area contributed by atoms with Crippen LogP contribution in [-0.4, -0.2) is 23.9 Å². The number of benzene rings is 1. The van der Waals surface area contributed by atoms with E-state index in [1.54, 1.807) is 0 Å². The van der Waals surface area contributed by atoms with Crippen LogP contribution in [0, 0.1) is 5.82 Å². The van der Waals surface area contributed by atoms with Gasteiger partial charge in [-0.15, -0.1) is 0 Å². The van der Waals surface area contributed by atoms with Crippen molar-refractivity contribution in [3.63, 3.8) is 0 Å². The highest BCUT2D eigenvalue weighted by atomic mass is 79.9. The van der Waals surface area contributed by atoms with Gasteiger partial charge in [0.25, 0.3) is 10.1 Å². The molecule has 0 saturated carbocycles. The zero-order chi connectivity index (χ0) is 17.8. The predicted octanol–water partition coefficient (Wildman–Crippen LogP) is 3.32. The zero-order valence-corrected chi connectivity index (χ0v) is 14.9. The average molecular weight is 446 g/mol. The second kappa shape index (κ2) is 8.02. The molecule has 124 valence electrons. The molecule has 0 atom stereocenters. The summed E-state index contributed by atoms with van der Waals surface area (Å²) in [6.07, 6.45) is 0.975. The van der Waals surface area contributed by atoms with Gasteiger partial charge in [0.15, 0.2) is 0 Å². The first-order chi connectivity index (χ1) is 10.5. The highest BCUT2D eigenvalue weighted by molar-refractivity contribution is 9.10. The van der Waals surface area contributed by atoms with E-state index < -0.39 is 21.8 Å². The molecule has 0 aliphatic heterocycles. The summed E-state index contributed by atoms with van der Waals surface area (Å²) in [5.41, 5.74) is 5.05. The maximum absolute atomic E-state index is 12.4. The van der Waals surface area contributed by atoms with Crippen LogP contribution in [0.15, 0.2) is 39.8 Å². The van der Waals surface area contributed by atoms with E-state index >= 15 is 0 Å². The van der Waals surface area contributed by atoms with Crippen molar-refractivity contribution in [3.05, 3.63) is 56.5 Å². The van der Waals surface area contributed by atoms with Crippen LogP contribution in [0.2, 0.25) is 10.2 Å². The molecule has 1 aromatic heterocycles. The summed E-state index contributed by atoms with van der Waals surface area (Å²) in [5, 5.41) is 0.180. The molecular formula is C12H8BrCl2FN2O4S. The van der Waals surface area contributed by atoms with Crippen LogP contribution in [0.25, 0.3) is 0 Å². The minimum Gasteiger partial charge on any atom is -0.366 e. The third-order valence-electron chi connectivity index (χ3n) is 2.27. The van der Waals surface area contributed by atoms with Crippen LogP contribution in [-0.2, 0) is 10.1 Å². The number of nitrogens with two attached hydrogens (primary N) is 1. The van der Waals surface area contributed by atoms with Crippen LogP contribution in [0.4, 0.5) is 4.39 Å². The Hall–Kier alpha value is -1.26. The van der Waals surface area contributed by atoms with Crippen molar-refractivity contribution in [2.75, 3.05) is 0 Å². The summed E-state index contributed by atoms with van der Waals surface area (Å²) >= 11 is 13.9. The first kappa shape index (κ1) is 19.8. The third kappa shape index (κ3) is 6.04. The molecule has 0 spiro atoms. The van der Waals surface area contributed by atoms with Gasteiger partial charge in [0.2, 0.25) is 5.91 Å². The number of hydrogen-bond donors (Lipinski definition) is 2. The van der Waals surface area contributed by atoms with Gasteiger partial charge in [-0.1, -0.05) is 23.2 Å². The van der Waals surface area contributed by atoms with E-state index in [4.69, 9.17) is 33.5 Å². The minimum atomic E-state index is -4.19. The Labute approximate surface area is 149 Å². The summed E-state index contributed by atoms with van der Waals surface area (Å²) in [7, 11) is -4.19. The molecule has 2 aromatic rings. The highest BCUT2D eigenvalue weighted by Crippen LogP contribution is 2.22. The van der Waals surface area contributed by atoms with Crippen LogP contribution in [0.3, 0.4) is 0 Å². The minimum absolute atomic E-state index is 0.0394. The Kier molecular flexibility index (Phi) is 6.90. The van der Waals surface area contributed by atoms with E-state index in [0.717, 1.165) is 18.3 Å². The van der Waals surface area contributed by atoms with E-state index in [0.29, 0.717) is 4.47 Å². The molecule has 11 heteroatoms. The van der Waals surface area contributed by atoms with Gasteiger partial charge < -0.3 is 5.73 Å². The molecule has 0 aliphatic rings. The first-order valence-corrected chi connectivity index (χ1v) is 8.54. The lowest BCUT2D eigenvalue weighted by Gasteiger charge is -1.97. The van der Waals surface area contributed by atoms with Crippen molar-refractivity contribution < 1.29 is 22.2 Å². The molecule has 6 nitrogen and oxygen atoms in total. The van der Waals surface area contributed by atoms with Crippen LogP contribution < -0.4 is 5.73 Å². The molecule has 3 N–H and O–H groups in total. The molecular weight excluding hydrogens is 438 g/mol. The second-order valence-electron chi connectivity index (χ2n) is 3.91. The van der Waals surface area contributed by atoms with Crippen LogP contribution >= 0.6 is 39.1 Å². The molecule has 2 rings (SSSR count). The van der Waals surface area contributed by atoms with Crippen molar-refractivity contribution in [1.29, 1.82) is 0 Å². The number of pyridine rings is 1. The number of rotatable bonds is 2. The summed E-state index contributed by atoms with van der Waals surface area (Å²) in [5.74, 6) is -1.14. The number of carbonyl (C=O) groups excluding carboxylic acids is 1. The number of carbonyl (C=O) groups is 1. The quantitative estimate of drug-likeness (QED) is 0.544. The van der Waals surface area contributed by atoms with Gasteiger partial charge in [0.05, 0.1) is 15.1 Å². The van der Waals surface area contributed by atoms with E-state index in [2.05, 4.69) is 20.9 Å². The number of amides is 1. The molecule has 0 fully saturated rings. The Balaban J connectivity index is 0.000000231. The van der Waals surface area contributed by atoms with Gasteiger partial charge in [0, 0.05) is 6.20 Å². The lowest BCUT2D eigenvalue weighted by Crippen LogP contribution is -2.11. The van der Waals surface area contributed by atoms with E-state index in [-0.39, 0.29) is 20.6 Å². The van der Waals surface area contributed by atoms with Crippen molar-refractivity contribution in [1.82, 2.24) is 4.98 Å². The lowest BCUT2D eigenvalue weighted by molar-refractivity contribution is 0.100. The van der Waals surface area contributed by atoms with Gasteiger partial charge in [-0.3, -0.25) is 9.35 Å². The molecule has 0 aliphatic carbocycles. The maximum atomic E-state index is 12.4. The van der Waals surface area contributed by atoms with Crippen molar-refractivity contribution >= 4 is 55.2 Å². The van der Waals surface area contributed by atoms with Gasteiger partial charge >= 0.3 is 0 Å². The van der Waals surface area contributed by atoms with Crippen molar-refractivity contribution in [3.8, 4) is 0 Å². The Bertz CT molecular complexity index is 849. The molecule has 23 heavy (non-hydrogen) atoms. The monoisotopic (exact) mass is 444 g/mol. The van der Waals surface area contributed by atoms with Gasteiger partial charge in [0.1, 0.15) is 15.9 Å². The third-order valence-corrected chi connectivity index (χ3v) is 4.53. The van der Waals surface area contributed by atoms with E-state index in [1.807, 2.05) is 0 Å². The first-order valence-electron chi connectivity index (χ1n) is 5.55. The van der Waals surface area contributed by atoms with Gasteiger partial charge in [-0.2, -0.15) is 8.42 Å². The average Bonchev–Trinajstić information content (AvgIpc) is 2.41. The fraction of sp³-hybridized carbons (Fsp3) is 0. The highest BCUT2D eigenvalue weighted by Gasteiger charge is 2.11.